The number of rotatable bonds is 5. The molecule has 0 spiro atoms. The Kier molecular flexibility index (Phi) is 5.83. The molecule has 164 valence electrons. The topological polar surface area (TPSA) is 42.3 Å². The summed E-state index contributed by atoms with van der Waals surface area (Å²) in [7, 11) is 0. The van der Waals surface area contributed by atoms with Crippen LogP contribution in [0.15, 0.2) is 83.9 Å². The highest BCUT2D eigenvalue weighted by molar-refractivity contribution is 8.18. The second-order valence-corrected chi connectivity index (χ2v) is 9.54. The van der Waals surface area contributed by atoms with Crippen LogP contribution in [-0.4, -0.2) is 20.6 Å². The van der Waals surface area contributed by atoms with Gasteiger partial charge in [0.1, 0.15) is 0 Å². The molecule has 5 rings (SSSR count). The molecule has 6 heteroatoms. The van der Waals surface area contributed by atoms with Gasteiger partial charge < -0.3 is 4.57 Å². The first-order valence-corrected chi connectivity index (χ1v) is 11.8. The number of nitrogens with zero attached hydrogens (tertiary/aromatic N) is 2. The lowest BCUT2D eigenvalue weighted by molar-refractivity contribution is -0.123. The Balaban J connectivity index is 1.45. The number of hydrogen-bond acceptors (Lipinski definition) is 3. The van der Waals surface area contributed by atoms with Gasteiger partial charge in [-0.05, 0) is 54.1 Å². The average Bonchev–Trinajstić information content (AvgIpc) is 3.29. The second-order valence-electron chi connectivity index (χ2n) is 8.11. The van der Waals surface area contributed by atoms with E-state index in [-0.39, 0.29) is 17.7 Å². The Hall–Kier alpha value is -3.28. The van der Waals surface area contributed by atoms with Gasteiger partial charge in [0, 0.05) is 34.2 Å². The van der Waals surface area contributed by atoms with Crippen LogP contribution in [0.4, 0.5) is 4.79 Å². The van der Waals surface area contributed by atoms with Gasteiger partial charge in [0.25, 0.3) is 11.1 Å². The first-order chi connectivity index (χ1) is 16.0. The van der Waals surface area contributed by atoms with E-state index in [9.17, 15) is 9.59 Å². The van der Waals surface area contributed by atoms with Crippen molar-refractivity contribution in [3.8, 4) is 0 Å². The molecule has 33 heavy (non-hydrogen) atoms. The fraction of sp³-hybridized carbons (Fsp3) is 0.111. The monoisotopic (exact) mass is 472 g/mol. The quantitative estimate of drug-likeness (QED) is 0.297. The highest BCUT2D eigenvalue weighted by atomic mass is 35.5. The van der Waals surface area contributed by atoms with Crippen molar-refractivity contribution in [3.63, 3.8) is 0 Å². The van der Waals surface area contributed by atoms with Gasteiger partial charge in [0.15, 0.2) is 0 Å². The second kappa shape index (κ2) is 8.93. The van der Waals surface area contributed by atoms with Gasteiger partial charge in [0.05, 0.1) is 11.4 Å². The van der Waals surface area contributed by atoms with E-state index in [0.717, 1.165) is 40.3 Å². The van der Waals surface area contributed by atoms with Crippen molar-refractivity contribution in [1.29, 1.82) is 0 Å². The third kappa shape index (κ3) is 4.47. The molecule has 3 aromatic carbocycles. The number of imide groups is 1. The molecule has 0 N–H and O–H groups in total. The zero-order chi connectivity index (χ0) is 22.9. The minimum atomic E-state index is -0.268. The van der Waals surface area contributed by atoms with Gasteiger partial charge >= 0.3 is 0 Å². The van der Waals surface area contributed by atoms with E-state index in [2.05, 4.69) is 48.0 Å². The zero-order valence-corrected chi connectivity index (χ0v) is 19.6. The van der Waals surface area contributed by atoms with Crippen LogP contribution < -0.4 is 0 Å². The summed E-state index contributed by atoms with van der Waals surface area (Å²) in [6, 6.07) is 23.8. The first-order valence-electron chi connectivity index (χ1n) is 10.6. The minimum absolute atomic E-state index is 0.231. The number of aryl methyl sites for hydroxylation is 1. The van der Waals surface area contributed by atoms with Gasteiger partial charge in [-0.15, -0.1) is 0 Å². The van der Waals surface area contributed by atoms with E-state index >= 15 is 0 Å². The third-order valence-electron chi connectivity index (χ3n) is 5.71. The number of benzene rings is 3. The van der Waals surface area contributed by atoms with Gasteiger partial charge in [-0.1, -0.05) is 71.8 Å². The maximum atomic E-state index is 13.0. The molecule has 2 heterocycles. The molecule has 1 aliphatic heterocycles. The summed E-state index contributed by atoms with van der Waals surface area (Å²) in [5.74, 6) is -0.268. The lowest BCUT2D eigenvalue weighted by Gasteiger charge is -2.12. The molecule has 4 nitrogen and oxygen atoms in total. The van der Waals surface area contributed by atoms with E-state index in [1.165, 1.54) is 16.0 Å². The van der Waals surface area contributed by atoms with Crippen LogP contribution >= 0.6 is 23.4 Å². The molecule has 0 aliphatic carbocycles. The predicted octanol–water partition coefficient (Wildman–Crippen LogP) is 6.89. The van der Waals surface area contributed by atoms with Crippen LogP contribution in [0.5, 0.6) is 0 Å². The Labute approximate surface area is 201 Å². The third-order valence-corrected chi connectivity index (χ3v) is 6.87. The van der Waals surface area contributed by atoms with Crippen LogP contribution in [0.1, 0.15) is 22.3 Å². The molecule has 1 saturated heterocycles. The van der Waals surface area contributed by atoms with E-state index in [1.807, 2.05) is 36.4 Å². The van der Waals surface area contributed by atoms with Crippen molar-refractivity contribution in [1.82, 2.24) is 9.47 Å². The number of thioether (sulfide) groups is 1. The van der Waals surface area contributed by atoms with Gasteiger partial charge in [-0.2, -0.15) is 0 Å². The normalized spacial score (nSPS) is 15.2. The van der Waals surface area contributed by atoms with Gasteiger partial charge in [-0.3, -0.25) is 14.5 Å². The van der Waals surface area contributed by atoms with E-state index < -0.39 is 0 Å². The standard InChI is InChI=1S/C27H21ClN2O2S/c1-18-6-8-19(9-7-18)15-29-17-21(23-4-2-3-5-24(23)29)14-25-26(31)30(27(32)33-25)16-20-10-12-22(28)13-11-20/h2-14,17H,15-16H2,1H3/b25-14-. The molecule has 0 saturated carbocycles. The first kappa shape index (κ1) is 21.6. The fourth-order valence-corrected chi connectivity index (χ4v) is 4.92. The number of halogens is 1. The van der Waals surface area contributed by atoms with Crippen molar-refractivity contribution in [2.75, 3.05) is 0 Å². The van der Waals surface area contributed by atoms with E-state index in [4.69, 9.17) is 11.6 Å². The summed E-state index contributed by atoms with van der Waals surface area (Å²) in [6.45, 7) is 3.04. The Morgan fingerprint density at radius 3 is 2.30 bits per heavy atom. The van der Waals surface area contributed by atoms with Crippen LogP contribution in [-0.2, 0) is 17.9 Å². The predicted molar refractivity (Wildman–Crippen MR) is 135 cm³/mol. The maximum absolute atomic E-state index is 13.0. The number of aromatic nitrogens is 1. The van der Waals surface area contributed by atoms with E-state index in [0.29, 0.717) is 9.93 Å². The van der Waals surface area contributed by atoms with Crippen LogP contribution in [0, 0.1) is 6.92 Å². The Bertz CT molecular complexity index is 1390. The molecule has 4 aromatic rings. The van der Waals surface area contributed by atoms with Crippen LogP contribution in [0.25, 0.3) is 17.0 Å². The minimum Gasteiger partial charge on any atom is -0.342 e. The summed E-state index contributed by atoms with van der Waals surface area (Å²) in [6.07, 6.45) is 3.89. The van der Waals surface area contributed by atoms with Gasteiger partial charge in [-0.25, -0.2) is 0 Å². The number of carbonyl (C=O) groups is 2. The smallest absolute Gasteiger partial charge is 0.293 e. The molecule has 0 atom stereocenters. The number of amides is 2. The molecule has 0 bridgehead atoms. The number of carbonyl (C=O) groups excluding carboxylic acids is 2. The lowest BCUT2D eigenvalue weighted by atomic mass is 10.1. The van der Waals surface area contributed by atoms with E-state index in [1.54, 1.807) is 12.1 Å². The van der Waals surface area contributed by atoms with Crippen molar-refractivity contribution >= 4 is 51.5 Å². The average molecular weight is 473 g/mol. The SMILES string of the molecule is Cc1ccc(Cn2cc(/C=C3\SC(=O)N(Cc4ccc(Cl)cc4)C3=O)c3ccccc32)cc1. The highest BCUT2D eigenvalue weighted by Gasteiger charge is 2.35. The van der Waals surface area contributed by atoms with Crippen molar-refractivity contribution in [3.05, 3.63) is 111 Å². The molecular formula is C27H21ClN2O2S. The molecule has 1 aromatic heterocycles. The largest absolute Gasteiger partial charge is 0.342 e. The van der Waals surface area contributed by atoms with Crippen molar-refractivity contribution < 1.29 is 9.59 Å². The van der Waals surface area contributed by atoms with Gasteiger partial charge in [0.2, 0.25) is 0 Å². The van der Waals surface area contributed by atoms with Crippen LogP contribution in [0.3, 0.4) is 0 Å². The number of fused-ring (bicyclic) bond motifs is 1. The maximum Gasteiger partial charge on any atom is 0.293 e. The fourth-order valence-electron chi connectivity index (χ4n) is 3.96. The summed E-state index contributed by atoms with van der Waals surface area (Å²) >= 11 is 6.93. The number of hydrogen-bond donors (Lipinski definition) is 0. The molecular weight excluding hydrogens is 452 g/mol. The summed E-state index contributed by atoms with van der Waals surface area (Å²) in [5, 5.41) is 1.41. The zero-order valence-electron chi connectivity index (χ0n) is 18.0. The summed E-state index contributed by atoms with van der Waals surface area (Å²) in [5.41, 5.74) is 5.30. The molecule has 0 unspecified atom stereocenters. The molecule has 1 aliphatic rings. The summed E-state index contributed by atoms with van der Waals surface area (Å²) in [4.78, 5) is 27.4. The highest BCUT2D eigenvalue weighted by Crippen LogP contribution is 2.35. The number of para-hydroxylation sites is 1. The molecule has 0 radical (unpaired) electrons. The Morgan fingerprint density at radius 2 is 1.55 bits per heavy atom. The molecule has 2 amide bonds. The van der Waals surface area contributed by atoms with Crippen molar-refractivity contribution in [2.45, 2.75) is 20.0 Å². The summed E-state index contributed by atoms with van der Waals surface area (Å²) < 4.78 is 2.18. The Morgan fingerprint density at radius 1 is 0.879 bits per heavy atom. The molecule has 1 fully saturated rings. The van der Waals surface area contributed by atoms with Crippen molar-refractivity contribution in [2.24, 2.45) is 0 Å². The van der Waals surface area contributed by atoms with Crippen LogP contribution in [0.2, 0.25) is 5.02 Å². The lowest BCUT2D eigenvalue weighted by Crippen LogP contribution is -2.27.